The fourth-order valence-corrected chi connectivity index (χ4v) is 5.90. The lowest BCUT2D eigenvalue weighted by Crippen LogP contribution is -2.51. The van der Waals surface area contributed by atoms with E-state index in [2.05, 4.69) is 6.07 Å². The van der Waals surface area contributed by atoms with Gasteiger partial charge in [-0.05, 0) is 61.7 Å². The lowest BCUT2D eigenvalue weighted by atomic mass is 9.49. The van der Waals surface area contributed by atoms with E-state index >= 15 is 0 Å². The van der Waals surface area contributed by atoms with Crippen molar-refractivity contribution >= 4 is 5.91 Å². The molecule has 19 heavy (non-hydrogen) atoms. The first-order valence-electron chi connectivity index (χ1n) is 7.83. The number of carbonyl (C=O) groups is 1. The number of nitriles is 1. The fourth-order valence-electron chi connectivity index (χ4n) is 5.90. The summed E-state index contributed by atoms with van der Waals surface area (Å²) in [7, 11) is 0. The molecule has 1 atom stereocenters. The Balaban J connectivity index is 1.51. The van der Waals surface area contributed by atoms with Crippen LogP contribution in [0.15, 0.2) is 0 Å². The minimum absolute atomic E-state index is 0.0542. The number of likely N-dealkylation sites (tertiary alicyclic amines) is 1. The van der Waals surface area contributed by atoms with E-state index in [1.54, 1.807) is 0 Å². The fraction of sp³-hybridized carbons (Fsp3) is 0.875. The summed E-state index contributed by atoms with van der Waals surface area (Å²) in [6, 6.07) is 2.27. The predicted molar refractivity (Wildman–Crippen MR) is 70.9 cm³/mol. The van der Waals surface area contributed by atoms with Crippen LogP contribution in [0, 0.1) is 40.4 Å². The minimum Gasteiger partial charge on any atom is -0.341 e. The zero-order valence-electron chi connectivity index (χ0n) is 11.5. The molecule has 4 aliphatic carbocycles. The van der Waals surface area contributed by atoms with Gasteiger partial charge in [-0.2, -0.15) is 5.26 Å². The Morgan fingerprint density at radius 2 is 1.74 bits per heavy atom. The van der Waals surface area contributed by atoms with Crippen LogP contribution in [0.1, 0.15) is 44.9 Å². The van der Waals surface area contributed by atoms with Crippen molar-refractivity contribution in [2.75, 3.05) is 13.1 Å². The molecule has 1 heterocycles. The van der Waals surface area contributed by atoms with Crippen LogP contribution in [0.4, 0.5) is 0 Å². The Morgan fingerprint density at radius 1 is 1.16 bits per heavy atom. The molecule has 1 aliphatic heterocycles. The van der Waals surface area contributed by atoms with Crippen molar-refractivity contribution in [1.29, 1.82) is 5.26 Å². The second kappa shape index (κ2) is 3.98. The molecular weight excluding hydrogens is 236 g/mol. The van der Waals surface area contributed by atoms with Crippen LogP contribution in [-0.4, -0.2) is 23.9 Å². The molecular formula is C16H22N2O. The minimum atomic E-state index is -0.0542. The van der Waals surface area contributed by atoms with E-state index in [1.165, 1.54) is 38.5 Å². The van der Waals surface area contributed by atoms with E-state index in [9.17, 15) is 4.79 Å². The van der Waals surface area contributed by atoms with Crippen molar-refractivity contribution in [3.63, 3.8) is 0 Å². The molecule has 5 fully saturated rings. The van der Waals surface area contributed by atoms with E-state index in [1.807, 2.05) is 4.90 Å². The summed E-state index contributed by atoms with van der Waals surface area (Å²) in [4.78, 5) is 14.1. The summed E-state index contributed by atoms with van der Waals surface area (Å²) in [5, 5.41) is 9.00. The van der Waals surface area contributed by atoms with Crippen molar-refractivity contribution in [3.05, 3.63) is 0 Å². The molecule has 0 aromatic heterocycles. The first-order valence-corrected chi connectivity index (χ1v) is 7.83. The second-order valence-corrected chi connectivity index (χ2v) is 7.72. The zero-order valence-corrected chi connectivity index (χ0v) is 11.5. The molecule has 5 rings (SSSR count). The lowest BCUT2D eigenvalue weighted by Gasteiger charge is -2.57. The van der Waals surface area contributed by atoms with Crippen LogP contribution in [0.2, 0.25) is 0 Å². The van der Waals surface area contributed by atoms with Gasteiger partial charge in [-0.25, -0.2) is 0 Å². The summed E-state index contributed by atoms with van der Waals surface area (Å²) in [5.41, 5.74) is 0.425. The van der Waals surface area contributed by atoms with Crippen LogP contribution in [0.5, 0.6) is 0 Å². The average molecular weight is 258 g/mol. The molecule has 102 valence electrons. The Bertz CT molecular complexity index is 415. The van der Waals surface area contributed by atoms with E-state index in [4.69, 9.17) is 5.26 Å². The molecule has 4 saturated carbocycles. The molecule has 0 N–H and O–H groups in total. The first-order chi connectivity index (χ1) is 9.16. The molecule has 0 spiro atoms. The van der Waals surface area contributed by atoms with E-state index in [-0.39, 0.29) is 11.8 Å². The molecule has 0 aromatic carbocycles. The smallest absolute Gasteiger partial charge is 0.224 e. The average Bonchev–Trinajstić information content (AvgIpc) is 2.67. The number of carbonyl (C=O) groups excluding carboxylic acids is 1. The van der Waals surface area contributed by atoms with Gasteiger partial charge in [0.05, 0.1) is 12.0 Å². The van der Waals surface area contributed by atoms with Gasteiger partial charge in [0.15, 0.2) is 0 Å². The number of rotatable bonds is 2. The van der Waals surface area contributed by atoms with Gasteiger partial charge in [0.25, 0.3) is 0 Å². The van der Waals surface area contributed by atoms with Crippen molar-refractivity contribution in [2.45, 2.75) is 44.9 Å². The maximum atomic E-state index is 12.0. The van der Waals surface area contributed by atoms with Crippen LogP contribution in [0.3, 0.4) is 0 Å². The topological polar surface area (TPSA) is 44.1 Å². The quantitative estimate of drug-likeness (QED) is 0.764. The predicted octanol–water partition coefficient (Wildman–Crippen LogP) is 2.57. The summed E-state index contributed by atoms with van der Waals surface area (Å²) in [6.45, 7) is 1.64. The third-order valence-corrected chi connectivity index (χ3v) is 6.09. The molecule has 1 unspecified atom stereocenters. The largest absolute Gasteiger partial charge is 0.341 e. The SMILES string of the molecule is N#CC1CC(=O)N(CC23CC4CC(CC(C4)C2)C3)C1. The Morgan fingerprint density at radius 3 is 2.21 bits per heavy atom. The van der Waals surface area contributed by atoms with Crippen molar-refractivity contribution in [2.24, 2.45) is 29.1 Å². The van der Waals surface area contributed by atoms with Crippen molar-refractivity contribution in [3.8, 4) is 6.07 Å². The van der Waals surface area contributed by atoms with Gasteiger partial charge in [-0.3, -0.25) is 4.79 Å². The number of amides is 1. The van der Waals surface area contributed by atoms with Gasteiger partial charge in [0.1, 0.15) is 0 Å². The third-order valence-electron chi connectivity index (χ3n) is 6.09. The first kappa shape index (κ1) is 11.8. The monoisotopic (exact) mass is 258 g/mol. The van der Waals surface area contributed by atoms with Crippen LogP contribution in [0.25, 0.3) is 0 Å². The van der Waals surface area contributed by atoms with Gasteiger partial charge in [-0.1, -0.05) is 0 Å². The maximum Gasteiger partial charge on any atom is 0.224 e. The summed E-state index contributed by atoms with van der Waals surface area (Å²) < 4.78 is 0. The lowest BCUT2D eigenvalue weighted by molar-refractivity contribution is -0.133. The van der Waals surface area contributed by atoms with Crippen molar-refractivity contribution in [1.82, 2.24) is 4.90 Å². The Kier molecular flexibility index (Phi) is 2.46. The molecule has 1 saturated heterocycles. The molecule has 0 aromatic rings. The van der Waals surface area contributed by atoms with Crippen LogP contribution in [-0.2, 0) is 4.79 Å². The standard InChI is InChI=1S/C16H22N2O/c17-8-14-4-15(19)18(9-14)10-16-5-11-1-12(6-16)3-13(2-11)7-16/h11-14H,1-7,9-10H2. The summed E-state index contributed by atoms with van der Waals surface area (Å²) in [6.07, 6.45) is 8.86. The van der Waals surface area contributed by atoms with Crippen molar-refractivity contribution < 1.29 is 4.79 Å². The highest BCUT2D eigenvalue weighted by atomic mass is 16.2. The van der Waals surface area contributed by atoms with Gasteiger partial charge in [-0.15, -0.1) is 0 Å². The van der Waals surface area contributed by atoms with E-state index in [0.717, 1.165) is 24.3 Å². The normalized spacial score (nSPS) is 47.7. The molecule has 3 heteroatoms. The molecule has 4 bridgehead atoms. The maximum absolute atomic E-state index is 12.0. The molecule has 0 radical (unpaired) electrons. The van der Waals surface area contributed by atoms with Gasteiger partial charge in [0, 0.05) is 19.5 Å². The Hall–Kier alpha value is -1.04. The van der Waals surface area contributed by atoms with E-state index < -0.39 is 0 Å². The second-order valence-electron chi connectivity index (χ2n) is 7.72. The van der Waals surface area contributed by atoms with Gasteiger partial charge in [0.2, 0.25) is 5.91 Å². The third kappa shape index (κ3) is 1.88. The van der Waals surface area contributed by atoms with Gasteiger partial charge >= 0.3 is 0 Å². The summed E-state index contributed by atoms with van der Waals surface area (Å²) in [5.74, 6) is 2.99. The zero-order chi connectivity index (χ0) is 13.0. The molecule has 3 nitrogen and oxygen atoms in total. The van der Waals surface area contributed by atoms with Crippen LogP contribution >= 0.6 is 0 Å². The van der Waals surface area contributed by atoms with E-state index in [0.29, 0.717) is 18.4 Å². The van der Waals surface area contributed by atoms with Crippen LogP contribution < -0.4 is 0 Å². The molecule has 1 amide bonds. The Labute approximate surface area is 115 Å². The highest BCUT2D eigenvalue weighted by Crippen LogP contribution is 2.60. The number of nitrogens with zero attached hydrogens (tertiary/aromatic N) is 2. The van der Waals surface area contributed by atoms with Gasteiger partial charge < -0.3 is 4.90 Å². The highest BCUT2D eigenvalue weighted by molar-refractivity contribution is 5.79. The highest BCUT2D eigenvalue weighted by Gasteiger charge is 2.52. The molecule has 5 aliphatic rings. The summed E-state index contributed by atoms with van der Waals surface area (Å²) >= 11 is 0. The number of hydrogen-bond acceptors (Lipinski definition) is 2. The number of hydrogen-bond donors (Lipinski definition) is 0.